The van der Waals surface area contributed by atoms with E-state index >= 15 is 0 Å². The molecule has 2 rings (SSSR count). The molecule has 0 unspecified atom stereocenters. The van der Waals surface area contributed by atoms with Crippen molar-refractivity contribution in [2.75, 3.05) is 18.4 Å². The number of carboxylic acids is 1. The smallest absolute Gasteiger partial charge is 0.321 e. The molecule has 1 aromatic carbocycles. The van der Waals surface area contributed by atoms with E-state index in [-0.39, 0.29) is 19.1 Å². The Balaban J connectivity index is 2.03. The molecule has 0 aliphatic carbocycles. The molecule has 1 fully saturated rings. The third-order valence-electron chi connectivity index (χ3n) is 2.76. The van der Waals surface area contributed by atoms with Crippen LogP contribution < -0.4 is 5.32 Å². The number of carboxylic acid groups (broad SMARTS) is 1. The third-order valence-corrected chi connectivity index (χ3v) is 4.47. The van der Waals surface area contributed by atoms with Crippen LogP contribution >= 0.6 is 47.8 Å². The van der Waals surface area contributed by atoms with Crippen molar-refractivity contribution in [3.05, 3.63) is 25.6 Å². The van der Waals surface area contributed by atoms with E-state index in [1.165, 1.54) is 4.90 Å². The number of anilines is 1. The molecule has 1 aromatic rings. The van der Waals surface area contributed by atoms with Gasteiger partial charge in [0.2, 0.25) is 0 Å². The van der Waals surface area contributed by atoms with Crippen LogP contribution in [0.3, 0.4) is 0 Å². The van der Waals surface area contributed by atoms with E-state index in [9.17, 15) is 9.59 Å². The van der Waals surface area contributed by atoms with Crippen LogP contribution in [0.5, 0.6) is 0 Å². The first-order valence-corrected chi connectivity index (χ1v) is 7.69. The summed E-state index contributed by atoms with van der Waals surface area (Å²) in [4.78, 5) is 24.1. The van der Waals surface area contributed by atoms with Gasteiger partial charge < -0.3 is 15.3 Å². The molecule has 0 radical (unpaired) electrons. The van der Waals surface area contributed by atoms with Crippen LogP contribution in [0.2, 0.25) is 0 Å². The normalized spacial score (nSPS) is 15.0. The minimum atomic E-state index is -0.866. The van der Waals surface area contributed by atoms with Gasteiger partial charge in [-0.3, -0.25) is 4.79 Å². The zero-order valence-electron chi connectivity index (χ0n) is 9.49. The van der Waals surface area contributed by atoms with Gasteiger partial charge in [0, 0.05) is 26.5 Å². The van der Waals surface area contributed by atoms with Crippen molar-refractivity contribution in [1.82, 2.24) is 4.90 Å². The number of halogens is 3. The minimum Gasteiger partial charge on any atom is -0.481 e. The van der Waals surface area contributed by atoms with Crippen LogP contribution in [-0.4, -0.2) is 35.1 Å². The van der Waals surface area contributed by atoms with E-state index in [0.717, 1.165) is 13.4 Å². The lowest BCUT2D eigenvalue weighted by Crippen LogP contribution is -2.54. The Morgan fingerprint density at radius 2 is 1.74 bits per heavy atom. The van der Waals surface area contributed by atoms with E-state index in [2.05, 4.69) is 53.1 Å². The lowest BCUT2D eigenvalue weighted by molar-refractivity contribution is -0.145. The number of aliphatic carboxylic acids is 1. The van der Waals surface area contributed by atoms with Gasteiger partial charge in [0.1, 0.15) is 0 Å². The summed E-state index contributed by atoms with van der Waals surface area (Å²) in [5.41, 5.74) is 0.618. The lowest BCUT2D eigenvalue weighted by atomic mass is 10.0. The Bertz CT molecular complexity index is 521. The van der Waals surface area contributed by atoms with Crippen molar-refractivity contribution in [1.29, 1.82) is 0 Å². The van der Waals surface area contributed by atoms with Crippen molar-refractivity contribution >= 4 is 65.5 Å². The fourth-order valence-electron chi connectivity index (χ4n) is 1.65. The van der Waals surface area contributed by atoms with E-state index in [4.69, 9.17) is 5.11 Å². The monoisotopic (exact) mass is 454 g/mol. The summed E-state index contributed by atoms with van der Waals surface area (Å²) in [6, 6.07) is 3.33. The molecule has 19 heavy (non-hydrogen) atoms. The number of urea groups is 1. The molecule has 0 spiro atoms. The summed E-state index contributed by atoms with van der Waals surface area (Å²) in [6.45, 7) is 0.486. The van der Waals surface area contributed by atoms with E-state index in [1.807, 2.05) is 12.1 Å². The van der Waals surface area contributed by atoms with Gasteiger partial charge in [-0.2, -0.15) is 0 Å². The van der Waals surface area contributed by atoms with Crippen LogP contribution in [0, 0.1) is 5.92 Å². The zero-order chi connectivity index (χ0) is 14.2. The predicted molar refractivity (Wildman–Crippen MR) is 81.3 cm³/mol. The van der Waals surface area contributed by atoms with Crippen molar-refractivity contribution in [3.63, 3.8) is 0 Å². The average molecular weight is 457 g/mol. The molecule has 5 nitrogen and oxygen atoms in total. The number of nitrogens with one attached hydrogen (secondary N) is 1. The molecule has 1 heterocycles. The highest BCUT2D eigenvalue weighted by Crippen LogP contribution is 2.34. The number of amides is 2. The Morgan fingerprint density at radius 1 is 1.21 bits per heavy atom. The van der Waals surface area contributed by atoms with Crippen molar-refractivity contribution in [2.24, 2.45) is 5.92 Å². The summed E-state index contributed by atoms with van der Waals surface area (Å²) >= 11 is 10.1. The summed E-state index contributed by atoms with van der Waals surface area (Å²) in [5, 5.41) is 11.5. The summed E-state index contributed by atoms with van der Waals surface area (Å²) in [6.07, 6.45) is 0. The first-order valence-electron chi connectivity index (χ1n) is 5.31. The van der Waals surface area contributed by atoms with Crippen molar-refractivity contribution in [2.45, 2.75) is 0 Å². The number of hydrogen-bond acceptors (Lipinski definition) is 2. The molecule has 102 valence electrons. The van der Waals surface area contributed by atoms with Crippen LogP contribution in [0.4, 0.5) is 10.5 Å². The molecule has 1 aliphatic rings. The predicted octanol–water partition coefficient (Wildman–Crippen LogP) is 3.52. The maximum Gasteiger partial charge on any atom is 0.321 e. The molecule has 1 aliphatic heterocycles. The number of carbonyl (C=O) groups excluding carboxylic acids is 1. The first-order chi connectivity index (χ1) is 8.88. The highest BCUT2D eigenvalue weighted by atomic mass is 79.9. The lowest BCUT2D eigenvalue weighted by Gasteiger charge is -2.36. The summed E-state index contributed by atoms with van der Waals surface area (Å²) in [7, 11) is 0. The largest absolute Gasteiger partial charge is 0.481 e. The molecule has 2 amide bonds. The third kappa shape index (κ3) is 3.29. The Morgan fingerprint density at radius 3 is 2.21 bits per heavy atom. The number of carbonyl (C=O) groups is 2. The van der Waals surface area contributed by atoms with Gasteiger partial charge >= 0.3 is 12.0 Å². The molecule has 0 atom stereocenters. The molecular weight excluding hydrogens is 448 g/mol. The maximum atomic E-state index is 11.9. The molecule has 2 N–H and O–H groups in total. The van der Waals surface area contributed by atoms with Crippen LogP contribution in [0.15, 0.2) is 25.6 Å². The molecule has 1 saturated heterocycles. The quantitative estimate of drug-likeness (QED) is 0.715. The second-order valence-corrected chi connectivity index (χ2v) is 6.74. The molecule has 8 heteroatoms. The zero-order valence-corrected chi connectivity index (χ0v) is 14.2. The van der Waals surface area contributed by atoms with Gasteiger partial charge in [0.15, 0.2) is 0 Å². The van der Waals surface area contributed by atoms with Gasteiger partial charge in [-0.15, -0.1) is 0 Å². The van der Waals surface area contributed by atoms with Crippen LogP contribution in [0.25, 0.3) is 0 Å². The fraction of sp³-hybridized carbons (Fsp3) is 0.273. The van der Waals surface area contributed by atoms with Crippen molar-refractivity contribution < 1.29 is 14.7 Å². The number of benzene rings is 1. The topological polar surface area (TPSA) is 69.6 Å². The van der Waals surface area contributed by atoms with Gasteiger partial charge in [-0.1, -0.05) is 15.9 Å². The van der Waals surface area contributed by atoms with Gasteiger partial charge in [-0.25, -0.2) is 4.79 Å². The Hall–Kier alpha value is -0.600. The molecule has 0 aromatic heterocycles. The summed E-state index contributed by atoms with van der Waals surface area (Å²) < 4.78 is 2.34. The first kappa shape index (κ1) is 14.8. The van der Waals surface area contributed by atoms with Gasteiger partial charge in [0.25, 0.3) is 0 Å². The number of nitrogens with zero attached hydrogens (tertiary/aromatic N) is 1. The standard InChI is InChI=1S/C11H9Br3N2O3/c12-6-1-7(13)9(8(14)2-6)15-11(19)16-3-5(4-16)10(17)18/h1-2,5H,3-4H2,(H,15,19)(H,17,18). The van der Waals surface area contributed by atoms with Gasteiger partial charge in [-0.05, 0) is 44.0 Å². The number of hydrogen-bond donors (Lipinski definition) is 2. The maximum absolute atomic E-state index is 11.9. The minimum absolute atomic E-state index is 0.243. The summed E-state index contributed by atoms with van der Waals surface area (Å²) in [5.74, 6) is -1.32. The Kier molecular flexibility index (Phi) is 4.52. The average Bonchev–Trinajstić information content (AvgIpc) is 2.20. The molecule has 0 bridgehead atoms. The molecule has 0 saturated carbocycles. The SMILES string of the molecule is O=C(O)C1CN(C(=O)Nc2c(Br)cc(Br)cc2Br)C1. The van der Waals surface area contributed by atoms with E-state index < -0.39 is 11.9 Å². The number of likely N-dealkylation sites (tertiary alicyclic amines) is 1. The van der Waals surface area contributed by atoms with E-state index in [0.29, 0.717) is 5.69 Å². The Labute approximate surface area is 134 Å². The van der Waals surface area contributed by atoms with E-state index in [1.54, 1.807) is 0 Å². The fourth-order valence-corrected chi connectivity index (χ4v) is 4.11. The van der Waals surface area contributed by atoms with Crippen LogP contribution in [-0.2, 0) is 4.79 Å². The van der Waals surface area contributed by atoms with Gasteiger partial charge in [0.05, 0.1) is 11.6 Å². The number of rotatable bonds is 2. The molecular formula is C11H9Br3N2O3. The second-order valence-electron chi connectivity index (χ2n) is 4.11. The highest BCUT2D eigenvalue weighted by Gasteiger charge is 2.35. The van der Waals surface area contributed by atoms with Crippen molar-refractivity contribution in [3.8, 4) is 0 Å². The second kappa shape index (κ2) is 5.80. The highest BCUT2D eigenvalue weighted by molar-refractivity contribution is 9.11. The van der Waals surface area contributed by atoms with Crippen LogP contribution in [0.1, 0.15) is 0 Å².